The van der Waals surface area contributed by atoms with E-state index in [1.165, 1.54) is 0 Å². The molecule has 0 amide bonds. The second kappa shape index (κ2) is 9.01. The van der Waals surface area contributed by atoms with E-state index in [9.17, 15) is 13.8 Å². The molecule has 0 spiro atoms. The van der Waals surface area contributed by atoms with Gasteiger partial charge in [-0.15, -0.1) is 0 Å². The molecule has 1 unspecified atom stereocenters. The highest BCUT2D eigenvalue weighted by Gasteiger charge is 2.18. The highest BCUT2D eigenvalue weighted by molar-refractivity contribution is 7.83. The Morgan fingerprint density at radius 2 is 1.72 bits per heavy atom. The predicted octanol–water partition coefficient (Wildman–Crippen LogP) is 4.01. The van der Waals surface area contributed by atoms with Crippen LogP contribution in [0, 0.1) is 13.8 Å². The van der Waals surface area contributed by atoms with Crippen molar-refractivity contribution >= 4 is 22.6 Å². The van der Waals surface area contributed by atoms with Crippen LogP contribution in [0.15, 0.2) is 60.7 Å². The summed E-state index contributed by atoms with van der Waals surface area (Å²) in [5.74, 6) is -0.454. The van der Waals surface area contributed by atoms with Crippen molar-refractivity contribution in [1.29, 1.82) is 0 Å². The van der Waals surface area contributed by atoms with Gasteiger partial charge in [-0.05, 0) is 49.7 Å². The van der Waals surface area contributed by atoms with Crippen molar-refractivity contribution in [2.24, 2.45) is 0 Å². The van der Waals surface area contributed by atoms with Crippen molar-refractivity contribution in [3.05, 3.63) is 88.7 Å². The Bertz CT molecular complexity index is 1070. The Hall–Kier alpha value is -2.99. The quantitative estimate of drug-likeness (QED) is 0.437. The van der Waals surface area contributed by atoms with E-state index >= 15 is 0 Å². The van der Waals surface area contributed by atoms with Crippen LogP contribution >= 0.6 is 0 Å². The lowest BCUT2D eigenvalue weighted by Gasteiger charge is -2.10. The molecular weight excluding hydrogens is 386 g/mol. The number of aromatic nitrogens is 1. The molecule has 3 rings (SSSR count). The lowest BCUT2D eigenvalue weighted by Crippen LogP contribution is -2.15. The second-order valence-electron chi connectivity index (χ2n) is 6.87. The molecule has 0 saturated carbocycles. The maximum absolute atomic E-state index is 12.7. The summed E-state index contributed by atoms with van der Waals surface area (Å²) in [6, 6.07) is 18.4. The number of Topliss-reactive ketones (excluding diaryl/α,β-unsaturated/α-hetero) is 1. The van der Waals surface area contributed by atoms with Crippen molar-refractivity contribution < 1.29 is 18.5 Å². The third-order valence-electron chi connectivity index (χ3n) is 4.61. The van der Waals surface area contributed by atoms with E-state index in [4.69, 9.17) is 4.74 Å². The van der Waals surface area contributed by atoms with Gasteiger partial charge in [-0.25, -0.2) is 4.79 Å². The molecule has 0 aliphatic carbocycles. The van der Waals surface area contributed by atoms with Gasteiger partial charge >= 0.3 is 5.97 Å². The van der Waals surface area contributed by atoms with Gasteiger partial charge in [0.1, 0.15) is 0 Å². The fraction of sp³-hybridized carbons (Fsp3) is 0.217. The monoisotopic (exact) mass is 409 g/mol. The lowest BCUT2D eigenvalue weighted by atomic mass is 10.1. The largest absolute Gasteiger partial charge is 0.454 e. The SMILES string of the molecule is Cc1cc(C(=O)COC(=O)c2cccc(CS(C)=O)c2)c(C)n1-c1ccccc1. The third-order valence-corrected chi connectivity index (χ3v) is 5.35. The highest BCUT2D eigenvalue weighted by atomic mass is 32.2. The number of benzene rings is 2. The van der Waals surface area contributed by atoms with E-state index in [1.54, 1.807) is 24.5 Å². The maximum Gasteiger partial charge on any atom is 0.338 e. The number of hydrogen-bond acceptors (Lipinski definition) is 4. The third kappa shape index (κ3) is 4.90. The number of hydrogen-bond donors (Lipinski definition) is 0. The number of ether oxygens (including phenoxy) is 1. The summed E-state index contributed by atoms with van der Waals surface area (Å²) >= 11 is 0. The average Bonchev–Trinajstić information content (AvgIpc) is 3.00. The van der Waals surface area contributed by atoms with Gasteiger partial charge in [0.05, 0.1) is 5.56 Å². The first kappa shape index (κ1) is 20.7. The number of nitrogens with zero attached hydrogens (tertiary/aromatic N) is 1. The van der Waals surface area contributed by atoms with Gasteiger partial charge in [0.2, 0.25) is 5.78 Å². The van der Waals surface area contributed by atoms with Crippen LogP contribution in [0.2, 0.25) is 0 Å². The Morgan fingerprint density at radius 3 is 2.41 bits per heavy atom. The Labute approximate surface area is 172 Å². The Balaban J connectivity index is 1.72. The van der Waals surface area contributed by atoms with E-state index in [1.807, 2.05) is 60.9 Å². The summed E-state index contributed by atoms with van der Waals surface area (Å²) in [6.45, 7) is 3.48. The fourth-order valence-corrected chi connectivity index (χ4v) is 3.98. The molecule has 0 fully saturated rings. The molecule has 0 saturated heterocycles. The first-order valence-electron chi connectivity index (χ1n) is 9.20. The van der Waals surface area contributed by atoms with Crippen molar-refractivity contribution in [1.82, 2.24) is 4.57 Å². The van der Waals surface area contributed by atoms with E-state index in [0.29, 0.717) is 16.9 Å². The standard InChI is InChI=1S/C23H23NO4S/c1-16-12-21(17(2)24(16)20-10-5-4-6-11-20)22(25)14-28-23(26)19-9-7-8-18(13-19)15-29(3)27/h4-13H,14-15H2,1-3H3. The molecule has 3 aromatic rings. The molecule has 6 heteroatoms. The van der Waals surface area contributed by atoms with Crippen LogP contribution in [0.25, 0.3) is 5.69 Å². The van der Waals surface area contributed by atoms with Crippen molar-refractivity contribution in [3.8, 4) is 5.69 Å². The molecule has 1 atom stereocenters. The van der Waals surface area contributed by atoms with Crippen molar-refractivity contribution in [2.75, 3.05) is 12.9 Å². The zero-order valence-corrected chi connectivity index (χ0v) is 17.5. The average molecular weight is 410 g/mol. The number of carbonyl (C=O) groups excluding carboxylic acids is 2. The van der Waals surface area contributed by atoms with Crippen LogP contribution in [0.1, 0.15) is 37.7 Å². The van der Waals surface area contributed by atoms with Gasteiger partial charge in [-0.3, -0.25) is 9.00 Å². The summed E-state index contributed by atoms with van der Waals surface area (Å²) in [4.78, 5) is 25.0. The molecule has 1 heterocycles. The maximum atomic E-state index is 12.7. The Morgan fingerprint density at radius 1 is 1.00 bits per heavy atom. The van der Waals surface area contributed by atoms with Crippen LogP contribution in [0.5, 0.6) is 0 Å². The van der Waals surface area contributed by atoms with Gasteiger partial charge in [0, 0.05) is 45.4 Å². The summed E-state index contributed by atoms with van der Waals surface area (Å²) in [5.41, 5.74) is 4.39. The number of aryl methyl sites for hydroxylation is 1. The normalized spacial score (nSPS) is 11.8. The molecule has 1 aromatic heterocycles. The van der Waals surface area contributed by atoms with E-state index in [-0.39, 0.29) is 12.4 Å². The molecule has 5 nitrogen and oxygen atoms in total. The molecule has 2 aromatic carbocycles. The minimum Gasteiger partial charge on any atom is -0.454 e. The summed E-state index contributed by atoms with van der Waals surface area (Å²) in [5, 5.41) is 0. The molecule has 0 radical (unpaired) electrons. The molecule has 29 heavy (non-hydrogen) atoms. The molecular formula is C23H23NO4S. The van der Waals surface area contributed by atoms with Gasteiger partial charge in [0.25, 0.3) is 0 Å². The highest BCUT2D eigenvalue weighted by Crippen LogP contribution is 2.21. The Kier molecular flexibility index (Phi) is 6.44. The fourth-order valence-electron chi connectivity index (χ4n) is 3.33. The molecule has 150 valence electrons. The number of para-hydroxylation sites is 1. The van der Waals surface area contributed by atoms with Gasteiger partial charge in [0.15, 0.2) is 6.61 Å². The molecule has 0 N–H and O–H groups in total. The first-order chi connectivity index (χ1) is 13.9. The smallest absolute Gasteiger partial charge is 0.338 e. The number of esters is 1. The topological polar surface area (TPSA) is 65.4 Å². The van der Waals surface area contributed by atoms with Crippen molar-refractivity contribution in [2.45, 2.75) is 19.6 Å². The number of rotatable bonds is 7. The first-order valence-corrected chi connectivity index (χ1v) is 10.9. The van der Waals surface area contributed by atoms with E-state index in [2.05, 4.69) is 0 Å². The van der Waals surface area contributed by atoms with E-state index in [0.717, 1.165) is 22.6 Å². The zero-order valence-electron chi connectivity index (χ0n) is 16.7. The van der Waals surface area contributed by atoms with Gasteiger partial charge in [-0.1, -0.05) is 30.3 Å². The predicted molar refractivity (Wildman–Crippen MR) is 114 cm³/mol. The van der Waals surface area contributed by atoms with Gasteiger partial charge < -0.3 is 9.30 Å². The van der Waals surface area contributed by atoms with Crippen LogP contribution < -0.4 is 0 Å². The minimum absolute atomic E-state index is 0.251. The summed E-state index contributed by atoms with van der Waals surface area (Å²) < 4.78 is 18.6. The lowest BCUT2D eigenvalue weighted by molar-refractivity contribution is 0.0474. The van der Waals surface area contributed by atoms with Gasteiger partial charge in [-0.2, -0.15) is 0 Å². The minimum atomic E-state index is -1.00. The van der Waals surface area contributed by atoms with Crippen LogP contribution in [0.4, 0.5) is 0 Å². The zero-order chi connectivity index (χ0) is 21.0. The summed E-state index contributed by atoms with van der Waals surface area (Å²) in [6.07, 6.45) is 1.61. The number of ketones is 1. The van der Waals surface area contributed by atoms with Crippen molar-refractivity contribution in [3.63, 3.8) is 0 Å². The molecule has 0 aliphatic rings. The van der Waals surface area contributed by atoms with Crippen LogP contribution in [-0.4, -0.2) is 33.4 Å². The molecule has 0 aliphatic heterocycles. The summed E-state index contributed by atoms with van der Waals surface area (Å²) in [7, 11) is -1.00. The second-order valence-corrected chi connectivity index (χ2v) is 8.31. The van der Waals surface area contributed by atoms with Crippen LogP contribution in [0.3, 0.4) is 0 Å². The van der Waals surface area contributed by atoms with E-state index < -0.39 is 16.8 Å². The van der Waals surface area contributed by atoms with Crippen LogP contribution in [-0.2, 0) is 21.3 Å². The number of carbonyl (C=O) groups is 2. The molecule has 0 bridgehead atoms.